The number of rotatable bonds is 1. The number of amides is 1. The molecule has 0 spiro atoms. The summed E-state index contributed by atoms with van der Waals surface area (Å²) in [6.45, 7) is 1.33. The van der Waals surface area contributed by atoms with Gasteiger partial charge in [-0.25, -0.2) is 4.79 Å². The van der Waals surface area contributed by atoms with Crippen molar-refractivity contribution in [2.75, 3.05) is 20.2 Å². The third kappa shape index (κ3) is 2.35. The number of hydrogen-bond acceptors (Lipinski definition) is 4. The average molecular weight is 174 g/mol. The fourth-order valence-electron chi connectivity index (χ4n) is 1.22. The lowest BCUT2D eigenvalue weighted by molar-refractivity contribution is 0.0944. The van der Waals surface area contributed by atoms with Gasteiger partial charge in [-0.05, 0) is 13.0 Å². The molecular weight excluding hydrogens is 160 g/mol. The lowest BCUT2D eigenvalue weighted by Gasteiger charge is -2.28. The fourth-order valence-corrected chi connectivity index (χ4v) is 1.22. The molecule has 0 unspecified atom stereocenters. The van der Waals surface area contributed by atoms with E-state index in [0.29, 0.717) is 6.54 Å². The number of hydrogen-bond donors (Lipinski definition) is 3. The van der Waals surface area contributed by atoms with E-state index in [1.54, 1.807) is 0 Å². The van der Waals surface area contributed by atoms with Gasteiger partial charge in [0.2, 0.25) is 0 Å². The number of β-amino-alcohol motifs (C(OH)–C–C–N with tert-alkyl or cyclic N) is 1. The first-order valence-corrected chi connectivity index (χ1v) is 3.97. The molecule has 1 heterocycles. The van der Waals surface area contributed by atoms with Crippen molar-refractivity contribution in [3.63, 3.8) is 0 Å². The Bertz CT molecular complexity index is 163. The third-order valence-electron chi connectivity index (χ3n) is 1.94. The van der Waals surface area contributed by atoms with Crippen LogP contribution in [0.5, 0.6) is 0 Å². The van der Waals surface area contributed by atoms with Crippen LogP contribution in [0.3, 0.4) is 0 Å². The largest absolute Gasteiger partial charge is 0.453 e. The van der Waals surface area contributed by atoms with Crippen LogP contribution in [0.2, 0.25) is 0 Å². The standard InChI is InChI=1S/C7H14N2O3/c1-12-7(11)9-5-2-3-8-4-6(5)10/h5-6,8,10H,2-4H2,1H3,(H,9,11)/t5-,6-/m0/s1. The zero-order chi connectivity index (χ0) is 8.97. The third-order valence-corrected chi connectivity index (χ3v) is 1.94. The Morgan fingerprint density at radius 3 is 3.08 bits per heavy atom. The van der Waals surface area contributed by atoms with Gasteiger partial charge in [0, 0.05) is 6.54 Å². The molecule has 0 radical (unpaired) electrons. The van der Waals surface area contributed by atoms with E-state index < -0.39 is 12.2 Å². The Kier molecular flexibility index (Phi) is 3.31. The quantitative estimate of drug-likeness (QED) is 0.480. The first-order chi connectivity index (χ1) is 5.74. The van der Waals surface area contributed by atoms with Gasteiger partial charge >= 0.3 is 6.09 Å². The Morgan fingerprint density at radius 1 is 1.75 bits per heavy atom. The molecule has 3 N–H and O–H groups in total. The van der Waals surface area contributed by atoms with Crippen molar-refractivity contribution in [3.05, 3.63) is 0 Å². The highest BCUT2D eigenvalue weighted by molar-refractivity contribution is 5.67. The van der Waals surface area contributed by atoms with E-state index in [0.717, 1.165) is 13.0 Å². The monoisotopic (exact) mass is 174 g/mol. The summed E-state index contributed by atoms with van der Waals surface area (Å²) in [5.41, 5.74) is 0. The van der Waals surface area contributed by atoms with Crippen LogP contribution in [0, 0.1) is 0 Å². The molecule has 0 aromatic heterocycles. The maximum atomic E-state index is 10.8. The Labute approximate surface area is 71.1 Å². The zero-order valence-electron chi connectivity index (χ0n) is 7.04. The van der Waals surface area contributed by atoms with Crippen LogP contribution >= 0.6 is 0 Å². The summed E-state index contributed by atoms with van der Waals surface area (Å²) < 4.78 is 4.42. The highest BCUT2D eigenvalue weighted by Gasteiger charge is 2.24. The molecule has 0 aromatic carbocycles. The molecule has 12 heavy (non-hydrogen) atoms. The van der Waals surface area contributed by atoms with Crippen LogP contribution in [-0.2, 0) is 4.74 Å². The lowest BCUT2D eigenvalue weighted by Crippen LogP contribution is -2.52. The Hall–Kier alpha value is -0.810. The van der Waals surface area contributed by atoms with Crippen LogP contribution in [0.4, 0.5) is 4.79 Å². The van der Waals surface area contributed by atoms with Gasteiger partial charge in [0.1, 0.15) is 0 Å². The minimum Gasteiger partial charge on any atom is -0.453 e. The van der Waals surface area contributed by atoms with Gasteiger partial charge in [-0.3, -0.25) is 0 Å². The number of aliphatic hydroxyl groups is 1. The highest BCUT2D eigenvalue weighted by atomic mass is 16.5. The highest BCUT2D eigenvalue weighted by Crippen LogP contribution is 2.03. The van der Waals surface area contributed by atoms with Crippen LogP contribution in [0.15, 0.2) is 0 Å². The lowest BCUT2D eigenvalue weighted by atomic mass is 10.0. The molecule has 2 atom stereocenters. The number of methoxy groups -OCH3 is 1. The summed E-state index contributed by atoms with van der Waals surface area (Å²) in [5, 5.41) is 15.0. The predicted molar refractivity (Wildman–Crippen MR) is 42.8 cm³/mol. The topological polar surface area (TPSA) is 70.6 Å². The van der Waals surface area contributed by atoms with Gasteiger partial charge in [-0.1, -0.05) is 0 Å². The summed E-state index contributed by atoms with van der Waals surface area (Å²) in [7, 11) is 1.31. The molecule has 5 nitrogen and oxygen atoms in total. The van der Waals surface area contributed by atoms with Gasteiger partial charge < -0.3 is 20.5 Å². The van der Waals surface area contributed by atoms with Crippen molar-refractivity contribution < 1.29 is 14.6 Å². The SMILES string of the molecule is COC(=O)N[C@H]1CCNC[C@@H]1O. The Balaban J connectivity index is 2.33. The molecule has 70 valence electrons. The summed E-state index contributed by atoms with van der Waals surface area (Å²) in [6, 6.07) is -0.182. The normalized spacial score (nSPS) is 29.5. The van der Waals surface area contributed by atoms with Crippen molar-refractivity contribution in [1.29, 1.82) is 0 Å². The van der Waals surface area contributed by atoms with Crippen LogP contribution in [0.25, 0.3) is 0 Å². The Morgan fingerprint density at radius 2 is 2.50 bits per heavy atom. The second-order valence-corrected chi connectivity index (χ2v) is 2.80. The van der Waals surface area contributed by atoms with E-state index in [4.69, 9.17) is 0 Å². The number of aliphatic hydroxyl groups excluding tert-OH is 1. The molecule has 1 saturated heterocycles. The van der Waals surface area contributed by atoms with E-state index in [1.807, 2.05) is 0 Å². The molecule has 1 aliphatic rings. The molecule has 5 heteroatoms. The summed E-state index contributed by atoms with van der Waals surface area (Å²) in [4.78, 5) is 10.8. The van der Waals surface area contributed by atoms with Gasteiger partial charge in [-0.2, -0.15) is 0 Å². The second-order valence-electron chi connectivity index (χ2n) is 2.80. The van der Waals surface area contributed by atoms with Crippen LogP contribution < -0.4 is 10.6 Å². The predicted octanol–water partition coefficient (Wildman–Crippen LogP) is -0.935. The van der Waals surface area contributed by atoms with Crippen LogP contribution in [0.1, 0.15) is 6.42 Å². The maximum Gasteiger partial charge on any atom is 0.407 e. The average Bonchev–Trinajstić information content (AvgIpc) is 2.09. The van der Waals surface area contributed by atoms with Gasteiger partial charge in [-0.15, -0.1) is 0 Å². The van der Waals surface area contributed by atoms with Crippen molar-refractivity contribution >= 4 is 6.09 Å². The van der Waals surface area contributed by atoms with Gasteiger partial charge in [0.25, 0.3) is 0 Å². The van der Waals surface area contributed by atoms with Gasteiger partial charge in [0.15, 0.2) is 0 Å². The first-order valence-electron chi connectivity index (χ1n) is 3.97. The van der Waals surface area contributed by atoms with E-state index >= 15 is 0 Å². The number of piperidine rings is 1. The molecule has 0 saturated carbocycles. The number of carbonyl (C=O) groups excluding carboxylic acids is 1. The number of alkyl carbamates (subject to hydrolysis) is 1. The molecule has 0 aromatic rings. The second kappa shape index (κ2) is 4.27. The summed E-state index contributed by atoms with van der Waals surface area (Å²) in [5.74, 6) is 0. The van der Waals surface area contributed by atoms with Crippen molar-refractivity contribution in [2.24, 2.45) is 0 Å². The van der Waals surface area contributed by atoms with E-state index in [2.05, 4.69) is 15.4 Å². The minimum atomic E-state index is -0.516. The maximum absolute atomic E-state index is 10.8. The van der Waals surface area contributed by atoms with E-state index in [9.17, 15) is 9.90 Å². The summed E-state index contributed by atoms with van der Waals surface area (Å²) in [6.07, 6.45) is -0.269. The molecule has 1 amide bonds. The van der Waals surface area contributed by atoms with Gasteiger partial charge in [0.05, 0.1) is 19.3 Å². The molecule has 0 bridgehead atoms. The minimum absolute atomic E-state index is 0.182. The number of carbonyl (C=O) groups is 1. The molecular formula is C7H14N2O3. The first kappa shape index (κ1) is 9.28. The van der Waals surface area contributed by atoms with Crippen LogP contribution in [-0.4, -0.2) is 43.5 Å². The molecule has 1 fully saturated rings. The fraction of sp³-hybridized carbons (Fsp3) is 0.857. The van der Waals surface area contributed by atoms with E-state index in [-0.39, 0.29) is 6.04 Å². The smallest absolute Gasteiger partial charge is 0.407 e. The number of nitrogens with one attached hydrogen (secondary N) is 2. The number of ether oxygens (including phenoxy) is 1. The molecule has 1 aliphatic heterocycles. The summed E-state index contributed by atoms with van der Waals surface area (Å²) >= 11 is 0. The van der Waals surface area contributed by atoms with Crippen molar-refractivity contribution in [1.82, 2.24) is 10.6 Å². The zero-order valence-corrected chi connectivity index (χ0v) is 7.04. The van der Waals surface area contributed by atoms with E-state index in [1.165, 1.54) is 7.11 Å². The molecule has 1 rings (SSSR count). The molecule has 0 aliphatic carbocycles. The van der Waals surface area contributed by atoms with Crippen molar-refractivity contribution in [3.8, 4) is 0 Å². The van der Waals surface area contributed by atoms with Crippen molar-refractivity contribution in [2.45, 2.75) is 18.6 Å².